The van der Waals surface area contributed by atoms with Crippen molar-refractivity contribution in [3.8, 4) is 22.5 Å². The maximum atomic E-state index is 13.0. The lowest BCUT2D eigenvalue weighted by Crippen LogP contribution is -2.14. The zero-order valence-electron chi connectivity index (χ0n) is 18.3. The van der Waals surface area contributed by atoms with E-state index in [1.165, 1.54) is 13.3 Å². The lowest BCUT2D eigenvalue weighted by Gasteiger charge is -2.11. The molecule has 0 saturated heterocycles. The Labute approximate surface area is 195 Å². The van der Waals surface area contributed by atoms with Crippen molar-refractivity contribution >= 4 is 23.5 Å². The van der Waals surface area contributed by atoms with E-state index in [4.69, 9.17) is 0 Å². The molecule has 0 aliphatic heterocycles. The molecule has 1 saturated carbocycles. The Hall–Kier alpha value is -4.60. The minimum Gasteiger partial charge on any atom is -0.453 e. The van der Waals surface area contributed by atoms with E-state index in [1.807, 2.05) is 24.3 Å². The van der Waals surface area contributed by atoms with Crippen molar-refractivity contribution < 1.29 is 14.3 Å². The van der Waals surface area contributed by atoms with Gasteiger partial charge in [0, 0.05) is 35.2 Å². The SMILES string of the molecule is COC(=O)Nc1ncccc1-c1ccnc(C(=O)Nc2cccc(-c3nncn3C3CC3)c2)c1. The first-order valence-corrected chi connectivity index (χ1v) is 10.7. The second kappa shape index (κ2) is 9.10. The number of hydrogen-bond donors (Lipinski definition) is 2. The maximum Gasteiger partial charge on any atom is 0.412 e. The van der Waals surface area contributed by atoms with Gasteiger partial charge in [0.05, 0.1) is 7.11 Å². The summed E-state index contributed by atoms with van der Waals surface area (Å²) < 4.78 is 6.73. The Morgan fingerprint density at radius 1 is 1.00 bits per heavy atom. The number of carbonyl (C=O) groups excluding carboxylic acids is 2. The van der Waals surface area contributed by atoms with Crippen molar-refractivity contribution in [3.63, 3.8) is 0 Å². The lowest BCUT2D eigenvalue weighted by molar-refractivity contribution is 0.102. The Bertz CT molecular complexity index is 1360. The first-order chi connectivity index (χ1) is 16.6. The first-order valence-electron chi connectivity index (χ1n) is 10.7. The molecule has 3 aromatic heterocycles. The van der Waals surface area contributed by atoms with Gasteiger partial charge in [-0.05, 0) is 54.8 Å². The summed E-state index contributed by atoms with van der Waals surface area (Å²) >= 11 is 0. The molecular weight excluding hydrogens is 434 g/mol. The Balaban J connectivity index is 1.38. The van der Waals surface area contributed by atoms with E-state index in [0.29, 0.717) is 28.7 Å². The molecule has 10 heteroatoms. The third-order valence-corrected chi connectivity index (χ3v) is 5.41. The Morgan fingerprint density at radius 3 is 2.71 bits per heavy atom. The molecule has 1 aliphatic rings. The normalized spacial score (nSPS) is 12.7. The third-order valence-electron chi connectivity index (χ3n) is 5.41. The minimum atomic E-state index is -0.635. The van der Waals surface area contributed by atoms with Crippen molar-refractivity contribution in [2.24, 2.45) is 0 Å². The van der Waals surface area contributed by atoms with Crippen LogP contribution < -0.4 is 10.6 Å². The number of aromatic nitrogens is 5. The van der Waals surface area contributed by atoms with E-state index < -0.39 is 6.09 Å². The van der Waals surface area contributed by atoms with E-state index in [0.717, 1.165) is 24.2 Å². The van der Waals surface area contributed by atoms with Crippen molar-refractivity contribution in [2.45, 2.75) is 18.9 Å². The first kappa shape index (κ1) is 21.3. The van der Waals surface area contributed by atoms with Gasteiger partial charge in [0.2, 0.25) is 0 Å². The Kier molecular flexibility index (Phi) is 5.69. The van der Waals surface area contributed by atoms with Crippen LogP contribution in [0.3, 0.4) is 0 Å². The predicted molar refractivity (Wildman–Crippen MR) is 125 cm³/mol. The topological polar surface area (TPSA) is 124 Å². The zero-order valence-corrected chi connectivity index (χ0v) is 18.3. The molecule has 5 rings (SSSR count). The van der Waals surface area contributed by atoms with Crippen LogP contribution in [0.5, 0.6) is 0 Å². The summed E-state index contributed by atoms with van der Waals surface area (Å²) in [4.78, 5) is 33.0. The van der Waals surface area contributed by atoms with E-state index in [2.05, 4.69) is 40.1 Å². The van der Waals surface area contributed by atoms with Crippen LogP contribution in [0.25, 0.3) is 22.5 Å². The van der Waals surface area contributed by atoms with Gasteiger partial charge in [-0.1, -0.05) is 12.1 Å². The lowest BCUT2D eigenvalue weighted by atomic mass is 10.1. The Morgan fingerprint density at radius 2 is 1.88 bits per heavy atom. The van der Waals surface area contributed by atoms with Crippen LogP contribution in [0, 0.1) is 0 Å². The second-order valence-electron chi connectivity index (χ2n) is 7.77. The number of anilines is 2. The smallest absolute Gasteiger partial charge is 0.412 e. The average Bonchev–Trinajstić information content (AvgIpc) is 3.60. The van der Waals surface area contributed by atoms with Gasteiger partial charge in [-0.2, -0.15) is 0 Å². The maximum absolute atomic E-state index is 13.0. The fraction of sp³-hybridized carbons (Fsp3) is 0.167. The number of benzene rings is 1. The van der Waals surface area contributed by atoms with Crippen molar-refractivity contribution in [1.29, 1.82) is 0 Å². The van der Waals surface area contributed by atoms with Gasteiger partial charge in [0.1, 0.15) is 17.8 Å². The molecule has 0 atom stereocenters. The molecule has 0 spiro atoms. The summed E-state index contributed by atoms with van der Waals surface area (Å²) in [5, 5.41) is 13.8. The molecule has 10 nitrogen and oxygen atoms in total. The van der Waals surface area contributed by atoms with E-state index in [9.17, 15) is 9.59 Å². The average molecular weight is 455 g/mol. The van der Waals surface area contributed by atoms with E-state index in [1.54, 1.807) is 36.8 Å². The molecule has 4 aromatic rings. The summed E-state index contributed by atoms with van der Waals surface area (Å²) in [6.07, 6.45) is 6.45. The number of carbonyl (C=O) groups is 2. The van der Waals surface area contributed by atoms with Crippen molar-refractivity contribution in [3.05, 3.63) is 72.9 Å². The summed E-state index contributed by atoms with van der Waals surface area (Å²) in [7, 11) is 1.28. The van der Waals surface area contributed by atoms with Gasteiger partial charge in [-0.15, -0.1) is 10.2 Å². The minimum absolute atomic E-state index is 0.219. The van der Waals surface area contributed by atoms with Gasteiger partial charge >= 0.3 is 6.09 Å². The number of nitrogens with zero attached hydrogens (tertiary/aromatic N) is 5. The van der Waals surface area contributed by atoms with E-state index in [-0.39, 0.29) is 11.6 Å². The molecule has 0 radical (unpaired) electrons. The van der Waals surface area contributed by atoms with Gasteiger partial charge in [-0.25, -0.2) is 9.78 Å². The fourth-order valence-corrected chi connectivity index (χ4v) is 3.61. The summed E-state index contributed by atoms with van der Waals surface area (Å²) in [6.45, 7) is 0. The van der Waals surface area contributed by atoms with Crippen LogP contribution >= 0.6 is 0 Å². The number of nitrogens with one attached hydrogen (secondary N) is 2. The number of ether oxygens (including phenoxy) is 1. The molecule has 3 heterocycles. The van der Waals surface area contributed by atoms with Crippen LogP contribution in [0.1, 0.15) is 29.4 Å². The highest BCUT2D eigenvalue weighted by molar-refractivity contribution is 6.04. The highest BCUT2D eigenvalue weighted by Gasteiger charge is 2.26. The quantitative estimate of drug-likeness (QED) is 0.447. The molecule has 1 aliphatic carbocycles. The van der Waals surface area contributed by atoms with Crippen LogP contribution in [0.4, 0.5) is 16.3 Å². The molecule has 0 bridgehead atoms. The third kappa shape index (κ3) is 4.46. The summed E-state index contributed by atoms with van der Waals surface area (Å²) in [5.74, 6) is 0.731. The summed E-state index contributed by atoms with van der Waals surface area (Å²) in [6, 6.07) is 14.8. The number of hydrogen-bond acceptors (Lipinski definition) is 7. The number of methoxy groups -OCH3 is 1. The highest BCUT2D eigenvalue weighted by atomic mass is 16.5. The van der Waals surface area contributed by atoms with Gasteiger partial charge in [-0.3, -0.25) is 15.1 Å². The molecule has 2 N–H and O–H groups in total. The molecule has 1 fully saturated rings. The molecule has 0 unspecified atom stereocenters. The standard InChI is InChI=1S/C24H21N7O3/c1-34-24(33)29-21-19(6-3-10-26-21)15-9-11-25-20(13-15)23(32)28-17-5-2-4-16(12-17)22-30-27-14-31(22)18-7-8-18/h2-6,9-14,18H,7-8H2,1H3,(H,28,32)(H,26,29,33). The van der Waals surface area contributed by atoms with Crippen LogP contribution in [-0.2, 0) is 4.74 Å². The van der Waals surface area contributed by atoms with Gasteiger partial charge in [0.25, 0.3) is 5.91 Å². The largest absolute Gasteiger partial charge is 0.453 e. The summed E-state index contributed by atoms with van der Waals surface area (Å²) in [5.41, 5.74) is 3.01. The number of rotatable bonds is 6. The van der Waals surface area contributed by atoms with E-state index >= 15 is 0 Å². The van der Waals surface area contributed by atoms with Crippen molar-refractivity contribution in [2.75, 3.05) is 17.7 Å². The predicted octanol–water partition coefficient (Wildman–Crippen LogP) is 4.17. The monoisotopic (exact) mass is 455 g/mol. The van der Waals surface area contributed by atoms with Gasteiger partial charge < -0.3 is 14.6 Å². The second-order valence-corrected chi connectivity index (χ2v) is 7.77. The molecule has 2 amide bonds. The fourth-order valence-electron chi connectivity index (χ4n) is 3.61. The van der Waals surface area contributed by atoms with Crippen LogP contribution in [0.15, 0.2) is 67.3 Å². The van der Waals surface area contributed by atoms with Crippen LogP contribution in [-0.4, -0.2) is 43.8 Å². The molecule has 170 valence electrons. The molecular formula is C24H21N7O3. The van der Waals surface area contributed by atoms with Gasteiger partial charge in [0.15, 0.2) is 5.82 Å². The zero-order chi connectivity index (χ0) is 23.5. The van der Waals surface area contributed by atoms with Crippen molar-refractivity contribution in [1.82, 2.24) is 24.7 Å². The number of pyridine rings is 2. The molecule has 34 heavy (non-hydrogen) atoms. The highest BCUT2D eigenvalue weighted by Crippen LogP contribution is 2.37. The molecule has 1 aromatic carbocycles. The number of amides is 2. The van der Waals surface area contributed by atoms with Crippen LogP contribution in [0.2, 0.25) is 0 Å².